The summed E-state index contributed by atoms with van der Waals surface area (Å²) in [4.78, 5) is 11.7. The van der Waals surface area contributed by atoms with Gasteiger partial charge in [-0.2, -0.15) is 0 Å². The number of hydrogen-bond donors (Lipinski definition) is 1. The molecule has 0 saturated heterocycles. The molecule has 1 heterocycles. The average molecular weight is 218 g/mol. The monoisotopic (exact) mass is 218 g/mol. The fourth-order valence-electron chi connectivity index (χ4n) is 1.51. The number of hydrogen-bond acceptors (Lipinski definition) is 3. The summed E-state index contributed by atoms with van der Waals surface area (Å²) < 4.78 is 6.46. The van der Waals surface area contributed by atoms with E-state index in [0.717, 1.165) is 0 Å². The zero-order valence-corrected chi connectivity index (χ0v) is 9.10. The average Bonchev–Trinajstić information content (AvgIpc) is 2.28. The quantitative estimate of drug-likeness (QED) is 0.730. The zero-order valence-electron chi connectivity index (χ0n) is 9.10. The molecule has 0 saturated carbocycles. The summed E-state index contributed by atoms with van der Waals surface area (Å²) in [5, 5.41) is 9.92. The Kier molecular flexibility index (Phi) is 2.48. The summed E-state index contributed by atoms with van der Waals surface area (Å²) in [5.41, 5.74) is 0.303. The highest BCUT2D eigenvalue weighted by Crippen LogP contribution is 2.21. The van der Waals surface area contributed by atoms with Crippen LogP contribution in [0.2, 0.25) is 0 Å². The molecular formula is C12H12NO3+. The third-order valence-electron chi connectivity index (χ3n) is 2.52. The van der Waals surface area contributed by atoms with Crippen LogP contribution in [0.1, 0.15) is 5.89 Å². The smallest absolute Gasteiger partial charge is 0.383 e. The minimum Gasteiger partial charge on any atom is -0.459 e. The van der Waals surface area contributed by atoms with E-state index >= 15 is 0 Å². The number of aromatic nitrogens is 1. The molecule has 1 N–H and O–H groups in total. The van der Waals surface area contributed by atoms with Gasteiger partial charge in [0.25, 0.3) is 0 Å². The van der Waals surface area contributed by atoms with E-state index in [1.807, 2.05) is 6.07 Å². The molecule has 0 amide bonds. The molecule has 1 aromatic carbocycles. The first-order chi connectivity index (χ1) is 7.61. The predicted octanol–water partition coefficient (Wildman–Crippen LogP) is 1.15. The molecule has 0 bridgehead atoms. The van der Waals surface area contributed by atoms with Crippen LogP contribution in [-0.2, 0) is 7.05 Å². The van der Waals surface area contributed by atoms with Crippen LogP contribution in [0.3, 0.4) is 0 Å². The summed E-state index contributed by atoms with van der Waals surface area (Å²) in [6.45, 7) is 1.62. The van der Waals surface area contributed by atoms with Gasteiger partial charge in [0.1, 0.15) is 7.05 Å². The van der Waals surface area contributed by atoms with Gasteiger partial charge in [-0.05, 0) is 5.56 Å². The second kappa shape index (κ2) is 3.81. The van der Waals surface area contributed by atoms with E-state index in [1.165, 1.54) is 4.57 Å². The number of aromatic hydroxyl groups is 1. The fraction of sp³-hybridized carbons (Fsp3) is 0.167. The van der Waals surface area contributed by atoms with Gasteiger partial charge >= 0.3 is 17.4 Å². The summed E-state index contributed by atoms with van der Waals surface area (Å²) in [6.07, 6.45) is 0. The van der Waals surface area contributed by atoms with Crippen LogP contribution in [0.4, 0.5) is 0 Å². The largest absolute Gasteiger partial charge is 0.459 e. The molecule has 4 nitrogen and oxygen atoms in total. The van der Waals surface area contributed by atoms with Crippen molar-refractivity contribution in [1.29, 1.82) is 0 Å². The fourth-order valence-corrected chi connectivity index (χ4v) is 1.51. The molecule has 2 rings (SSSR count). The molecule has 2 aromatic rings. The maximum atomic E-state index is 11.7. The third-order valence-corrected chi connectivity index (χ3v) is 2.52. The van der Waals surface area contributed by atoms with E-state index in [9.17, 15) is 9.90 Å². The van der Waals surface area contributed by atoms with Crippen LogP contribution < -0.4 is 10.2 Å². The second-order valence-corrected chi connectivity index (χ2v) is 3.53. The maximum absolute atomic E-state index is 11.7. The van der Waals surface area contributed by atoms with Crippen LogP contribution >= 0.6 is 0 Å². The lowest BCUT2D eigenvalue weighted by Crippen LogP contribution is -2.35. The first-order valence-corrected chi connectivity index (χ1v) is 4.89. The van der Waals surface area contributed by atoms with Gasteiger partial charge < -0.3 is 9.52 Å². The van der Waals surface area contributed by atoms with Crippen molar-refractivity contribution >= 4 is 0 Å². The molecule has 0 fully saturated rings. The third kappa shape index (κ3) is 1.58. The van der Waals surface area contributed by atoms with Gasteiger partial charge in [0.2, 0.25) is 0 Å². The summed E-state index contributed by atoms with van der Waals surface area (Å²) in [7, 11) is 1.64. The molecule has 4 heteroatoms. The van der Waals surface area contributed by atoms with Crippen molar-refractivity contribution in [2.75, 3.05) is 0 Å². The predicted molar refractivity (Wildman–Crippen MR) is 58.0 cm³/mol. The number of benzene rings is 1. The van der Waals surface area contributed by atoms with Gasteiger partial charge in [-0.25, -0.2) is 4.79 Å². The van der Waals surface area contributed by atoms with E-state index in [-0.39, 0.29) is 11.4 Å². The van der Waals surface area contributed by atoms with Crippen LogP contribution in [0, 0.1) is 6.92 Å². The highest BCUT2D eigenvalue weighted by molar-refractivity contribution is 5.65. The van der Waals surface area contributed by atoms with Gasteiger partial charge in [-0.3, -0.25) is 0 Å². The molecule has 1 aromatic heterocycles. The number of rotatable bonds is 1. The molecule has 0 atom stereocenters. The van der Waals surface area contributed by atoms with Gasteiger partial charge in [-0.1, -0.05) is 30.3 Å². The van der Waals surface area contributed by atoms with Crippen molar-refractivity contribution in [1.82, 2.24) is 0 Å². The zero-order chi connectivity index (χ0) is 11.7. The SMILES string of the molecule is Cc1oc(=O)c(-c2ccccc2)c(O)[n+]1C. The first kappa shape index (κ1) is 10.4. The highest BCUT2D eigenvalue weighted by Gasteiger charge is 2.22. The van der Waals surface area contributed by atoms with E-state index in [4.69, 9.17) is 4.42 Å². The van der Waals surface area contributed by atoms with E-state index < -0.39 is 5.63 Å². The van der Waals surface area contributed by atoms with Crippen molar-refractivity contribution in [2.24, 2.45) is 7.05 Å². The Balaban J connectivity index is 2.76. The normalized spacial score (nSPS) is 10.4. The Morgan fingerprint density at radius 3 is 2.50 bits per heavy atom. The molecular weight excluding hydrogens is 206 g/mol. The highest BCUT2D eigenvalue weighted by atomic mass is 16.4. The lowest BCUT2D eigenvalue weighted by Gasteiger charge is -2.01. The van der Waals surface area contributed by atoms with Crippen molar-refractivity contribution in [3.63, 3.8) is 0 Å². The Morgan fingerprint density at radius 1 is 1.25 bits per heavy atom. The molecule has 0 radical (unpaired) electrons. The van der Waals surface area contributed by atoms with Gasteiger partial charge in [0, 0.05) is 0 Å². The second-order valence-electron chi connectivity index (χ2n) is 3.53. The van der Waals surface area contributed by atoms with Crippen LogP contribution in [0.15, 0.2) is 39.5 Å². The van der Waals surface area contributed by atoms with Gasteiger partial charge in [0.05, 0.1) is 6.92 Å². The Labute approximate surface area is 92.4 Å². The van der Waals surface area contributed by atoms with Crippen molar-refractivity contribution in [3.05, 3.63) is 46.6 Å². The molecule has 0 aliphatic carbocycles. The van der Waals surface area contributed by atoms with Crippen molar-refractivity contribution in [2.45, 2.75) is 6.92 Å². The number of nitrogens with zero attached hydrogens (tertiary/aromatic N) is 1. The summed E-state index contributed by atoms with van der Waals surface area (Å²) >= 11 is 0. The lowest BCUT2D eigenvalue weighted by molar-refractivity contribution is -0.694. The standard InChI is InChI=1S/C12H11NO3/c1-8-13(2)11(14)10(12(15)16-8)9-6-4-3-5-7-9/h3-7H,1-2H3/p+1. The Morgan fingerprint density at radius 2 is 1.88 bits per heavy atom. The van der Waals surface area contributed by atoms with Crippen LogP contribution in [-0.4, -0.2) is 5.11 Å². The molecule has 0 unspecified atom stereocenters. The van der Waals surface area contributed by atoms with Crippen molar-refractivity contribution in [3.8, 4) is 17.0 Å². The molecule has 16 heavy (non-hydrogen) atoms. The Hall–Kier alpha value is -2.10. The van der Waals surface area contributed by atoms with Crippen LogP contribution in [0.25, 0.3) is 11.1 Å². The molecule has 0 spiro atoms. The van der Waals surface area contributed by atoms with Gasteiger partial charge in [-0.15, -0.1) is 4.57 Å². The lowest BCUT2D eigenvalue weighted by atomic mass is 10.1. The van der Waals surface area contributed by atoms with E-state index in [1.54, 1.807) is 38.2 Å². The topological polar surface area (TPSA) is 54.3 Å². The van der Waals surface area contributed by atoms with E-state index in [0.29, 0.717) is 11.5 Å². The van der Waals surface area contributed by atoms with E-state index in [2.05, 4.69) is 0 Å². The van der Waals surface area contributed by atoms with Crippen LogP contribution in [0.5, 0.6) is 5.88 Å². The molecule has 82 valence electrons. The first-order valence-electron chi connectivity index (χ1n) is 4.89. The van der Waals surface area contributed by atoms with Crippen molar-refractivity contribution < 1.29 is 14.1 Å². The summed E-state index contributed by atoms with van der Waals surface area (Å²) in [5.74, 6) is 0.280. The summed E-state index contributed by atoms with van der Waals surface area (Å²) in [6, 6.07) is 8.95. The Bertz CT molecular complexity index is 573. The molecule has 0 aliphatic heterocycles. The minimum atomic E-state index is -0.528. The minimum absolute atomic E-state index is 0.0834. The maximum Gasteiger partial charge on any atom is 0.383 e. The number of aryl methyl sites for hydroxylation is 1. The molecule has 0 aliphatic rings. The van der Waals surface area contributed by atoms with Gasteiger partial charge in [0.15, 0.2) is 5.56 Å².